The maximum atomic E-state index is 12.8. The molecule has 0 saturated carbocycles. The van der Waals surface area contributed by atoms with Crippen molar-refractivity contribution in [2.24, 2.45) is 5.10 Å². The Hall–Kier alpha value is -5.26. The fraction of sp³-hybridized carbons (Fsp3) is 0.154. The number of hydrogen-bond donors (Lipinski definition) is 1. The normalized spacial score (nSPS) is 14.2. The molecule has 0 bridgehead atoms. The molecule has 0 spiro atoms. The van der Waals surface area contributed by atoms with Gasteiger partial charge in [0.15, 0.2) is 11.5 Å². The molecule has 0 fully saturated rings. The van der Waals surface area contributed by atoms with Gasteiger partial charge in [-0.3, -0.25) is 24.5 Å². The highest BCUT2D eigenvalue weighted by molar-refractivity contribution is 6.09. The number of amides is 2. The van der Waals surface area contributed by atoms with Crippen LogP contribution in [0.15, 0.2) is 71.8 Å². The van der Waals surface area contributed by atoms with Gasteiger partial charge in [0.25, 0.3) is 11.6 Å². The number of methoxy groups -OCH3 is 1. The average molecular weight is 518 g/mol. The lowest BCUT2D eigenvalue weighted by Crippen LogP contribution is -2.25. The van der Waals surface area contributed by atoms with Crippen LogP contribution >= 0.6 is 0 Å². The van der Waals surface area contributed by atoms with Crippen molar-refractivity contribution in [1.82, 2.24) is 5.01 Å². The third kappa shape index (κ3) is 5.43. The third-order valence-corrected chi connectivity index (χ3v) is 5.44. The van der Waals surface area contributed by atoms with E-state index in [0.29, 0.717) is 16.8 Å². The van der Waals surface area contributed by atoms with Crippen LogP contribution in [0.1, 0.15) is 41.6 Å². The number of nitro benzene ring substituents is 1. The summed E-state index contributed by atoms with van der Waals surface area (Å²) in [5.74, 6) is -0.882. The van der Waals surface area contributed by atoms with Gasteiger partial charge >= 0.3 is 5.97 Å². The number of para-hydroxylation sites is 1. The number of esters is 1. The Labute approximate surface area is 216 Å². The fourth-order valence-corrected chi connectivity index (χ4v) is 3.68. The van der Waals surface area contributed by atoms with E-state index in [2.05, 4.69) is 10.4 Å². The number of carbonyl (C=O) groups excluding carboxylic acids is 3. The van der Waals surface area contributed by atoms with Gasteiger partial charge in [0.2, 0.25) is 18.0 Å². The van der Waals surface area contributed by atoms with E-state index in [-0.39, 0.29) is 28.6 Å². The van der Waals surface area contributed by atoms with Crippen LogP contribution in [0.3, 0.4) is 0 Å². The van der Waals surface area contributed by atoms with Gasteiger partial charge in [-0.05, 0) is 42.5 Å². The van der Waals surface area contributed by atoms with Crippen LogP contribution in [-0.2, 0) is 14.3 Å². The highest BCUT2D eigenvalue weighted by Crippen LogP contribution is 2.37. The van der Waals surface area contributed by atoms with E-state index in [4.69, 9.17) is 14.2 Å². The van der Waals surface area contributed by atoms with Crippen molar-refractivity contribution >= 4 is 35.1 Å². The zero-order chi connectivity index (χ0) is 27.4. The molecule has 0 saturated heterocycles. The molecule has 12 nitrogen and oxygen atoms in total. The summed E-state index contributed by atoms with van der Waals surface area (Å²) in [7, 11) is 1.41. The first-order valence-corrected chi connectivity index (χ1v) is 11.2. The highest BCUT2D eigenvalue weighted by atomic mass is 16.6. The molecule has 38 heavy (non-hydrogen) atoms. The van der Waals surface area contributed by atoms with Gasteiger partial charge in [0, 0.05) is 37.1 Å². The number of nitrogens with zero attached hydrogens (tertiary/aromatic N) is 3. The fourth-order valence-electron chi connectivity index (χ4n) is 3.68. The monoisotopic (exact) mass is 518 g/mol. The molecule has 4 rings (SSSR count). The molecule has 1 atom stereocenters. The molecule has 2 amide bonds. The lowest BCUT2D eigenvalue weighted by Gasteiger charge is -2.20. The number of nitrogens with one attached hydrogen (secondary N) is 1. The molecule has 3 aromatic rings. The molecule has 0 aromatic heterocycles. The van der Waals surface area contributed by atoms with Gasteiger partial charge in [-0.1, -0.05) is 12.1 Å². The summed E-state index contributed by atoms with van der Waals surface area (Å²) in [4.78, 5) is 46.9. The van der Waals surface area contributed by atoms with Crippen molar-refractivity contribution in [3.05, 3.63) is 93.5 Å². The Morgan fingerprint density at radius 2 is 1.74 bits per heavy atom. The Balaban J connectivity index is 1.61. The SMILES string of the molecule is COc1cc([C@@H]2OC(c3ccccc3NC(=O)c3ccc([N+](=O)[O-])cc3)=NN2C(C)=O)ccc1OC(C)=O. The van der Waals surface area contributed by atoms with Gasteiger partial charge < -0.3 is 19.5 Å². The summed E-state index contributed by atoms with van der Waals surface area (Å²) < 4.78 is 16.5. The lowest BCUT2D eigenvalue weighted by molar-refractivity contribution is -0.384. The predicted octanol–water partition coefficient (Wildman–Crippen LogP) is 4.02. The number of non-ortho nitro benzene ring substituents is 1. The standard InChI is InChI=1S/C26H22N4O8/c1-15(31)29-26(18-10-13-22(37-16(2)32)23(14-18)36-3)38-25(28-29)20-6-4-5-7-21(20)27-24(33)17-8-11-19(12-9-17)30(34)35/h4-14,26H,1-3H3,(H,27,33)/t26-/m0/s1. The molecule has 3 aromatic carbocycles. The maximum Gasteiger partial charge on any atom is 0.308 e. The van der Waals surface area contributed by atoms with E-state index in [9.17, 15) is 24.5 Å². The molecular formula is C26H22N4O8. The molecule has 1 heterocycles. The predicted molar refractivity (Wildman–Crippen MR) is 135 cm³/mol. The van der Waals surface area contributed by atoms with Crippen LogP contribution in [0.4, 0.5) is 11.4 Å². The van der Waals surface area contributed by atoms with E-state index in [1.54, 1.807) is 36.4 Å². The van der Waals surface area contributed by atoms with Crippen molar-refractivity contribution in [2.45, 2.75) is 20.1 Å². The number of rotatable bonds is 7. The smallest absolute Gasteiger partial charge is 0.308 e. The zero-order valence-electron chi connectivity index (χ0n) is 20.5. The van der Waals surface area contributed by atoms with E-state index in [0.717, 1.165) is 5.01 Å². The largest absolute Gasteiger partial charge is 0.493 e. The number of hydrogen-bond acceptors (Lipinski definition) is 9. The zero-order valence-corrected chi connectivity index (χ0v) is 20.5. The van der Waals surface area contributed by atoms with Gasteiger partial charge in [-0.2, -0.15) is 5.01 Å². The topological polar surface area (TPSA) is 150 Å². The highest BCUT2D eigenvalue weighted by Gasteiger charge is 2.34. The molecule has 1 N–H and O–H groups in total. The van der Waals surface area contributed by atoms with Crippen LogP contribution in [0, 0.1) is 10.1 Å². The van der Waals surface area contributed by atoms with Crippen molar-refractivity contribution in [1.29, 1.82) is 0 Å². The van der Waals surface area contributed by atoms with Crippen LogP contribution in [0.2, 0.25) is 0 Å². The van der Waals surface area contributed by atoms with Gasteiger partial charge in [-0.25, -0.2) is 0 Å². The number of ether oxygens (including phenoxy) is 3. The Kier molecular flexibility index (Phi) is 7.33. The summed E-state index contributed by atoms with van der Waals surface area (Å²) in [5.41, 5.74) is 1.33. The molecular weight excluding hydrogens is 496 g/mol. The van der Waals surface area contributed by atoms with Crippen molar-refractivity contribution in [2.75, 3.05) is 12.4 Å². The molecule has 0 radical (unpaired) electrons. The Morgan fingerprint density at radius 3 is 2.37 bits per heavy atom. The summed E-state index contributed by atoms with van der Waals surface area (Å²) in [6.45, 7) is 2.60. The number of anilines is 1. The first kappa shape index (κ1) is 25.8. The molecule has 1 aliphatic heterocycles. The van der Waals surface area contributed by atoms with E-state index >= 15 is 0 Å². The second kappa shape index (κ2) is 10.8. The third-order valence-electron chi connectivity index (χ3n) is 5.44. The van der Waals surface area contributed by atoms with E-state index in [1.807, 2.05) is 0 Å². The maximum absolute atomic E-state index is 12.8. The van der Waals surface area contributed by atoms with Crippen molar-refractivity contribution in [3.8, 4) is 11.5 Å². The first-order valence-electron chi connectivity index (χ1n) is 11.2. The minimum Gasteiger partial charge on any atom is -0.493 e. The minimum atomic E-state index is -0.957. The van der Waals surface area contributed by atoms with Gasteiger partial charge in [0.1, 0.15) is 0 Å². The number of nitro groups is 1. The average Bonchev–Trinajstić information content (AvgIpc) is 3.35. The van der Waals surface area contributed by atoms with Gasteiger partial charge in [-0.15, -0.1) is 5.10 Å². The second-order valence-corrected chi connectivity index (χ2v) is 8.05. The number of hydrazone groups is 1. The van der Waals surface area contributed by atoms with Crippen LogP contribution in [0.25, 0.3) is 0 Å². The van der Waals surface area contributed by atoms with Crippen LogP contribution in [0.5, 0.6) is 11.5 Å². The summed E-state index contributed by atoms with van der Waals surface area (Å²) in [6.07, 6.45) is -0.957. The molecule has 0 unspecified atom stereocenters. The summed E-state index contributed by atoms with van der Waals surface area (Å²) in [6, 6.07) is 16.6. The Morgan fingerprint density at radius 1 is 1.03 bits per heavy atom. The Bertz CT molecular complexity index is 1450. The van der Waals surface area contributed by atoms with Crippen molar-refractivity contribution < 1.29 is 33.5 Å². The summed E-state index contributed by atoms with van der Waals surface area (Å²) >= 11 is 0. The quantitative estimate of drug-likeness (QED) is 0.213. The van der Waals surface area contributed by atoms with Gasteiger partial charge in [0.05, 0.1) is 23.3 Å². The molecule has 0 aliphatic carbocycles. The number of benzene rings is 3. The second-order valence-electron chi connectivity index (χ2n) is 8.05. The van der Waals surface area contributed by atoms with E-state index in [1.165, 1.54) is 51.3 Å². The van der Waals surface area contributed by atoms with Crippen LogP contribution < -0.4 is 14.8 Å². The van der Waals surface area contributed by atoms with Crippen molar-refractivity contribution in [3.63, 3.8) is 0 Å². The molecule has 1 aliphatic rings. The lowest BCUT2D eigenvalue weighted by atomic mass is 10.1. The molecule has 12 heteroatoms. The summed E-state index contributed by atoms with van der Waals surface area (Å²) in [5, 5.41) is 19.1. The number of carbonyl (C=O) groups is 3. The van der Waals surface area contributed by atoms with Crippen LogP contribution in [-0.4, -0.2) is 40.7 Å². The molecule has 194 valence electrons. The minimum absolute atomic E-state index is 0.0767. The van der Waals surface area contributed by atoms with E-state index < -0.39 is 28.9 Å². The first-order chi connectivity index (χ1) is 18.2.